The van der Waals surface area contributed by atoms with Crippen molar-refractivity contribution < 1.29 is 9.90 Å². The molecule has 0 saturated carbocycles. The Labute approximate surface area is 163 Å². The highest BCUT2D eigenvalue weighted by Gasteiger charge is 2.10. The number of nitrogens with zero attached hydrogens (tertiary/aromatic N) is 2. The summed E-state index contributed by atoms with van der Waals surface area (Å²) in [5, 5.41) is 11.9. The van der Waals surface area contributed by atoms with Gasteiger partial charge < -0.3 is 14.8 Å². The molecule has 1 aromatic heterocycles. The molecule has 0 atom stereocenters. The molecule has 0 unspecified atom stereocenters. The Morgan fingerprint density at radius 2 is 1.78 bits per heavy atom. The van der Waals surface area contributed by atoms with Gasteiger partial charge in [0, 0.05) is 24.7 Å². The minimum atomic E-state index is -1.04. The van der Waals surface area contributed by atoms with E-state index in [9.17, 15) is 9.90 Å². The maximum Gasteiger partial charge on any atom is 0.120 e. The lowest BCUT2D eigenvalue weighted by Crippen LogP contribution is -2.21. The van der Waals surface area contributed by atoms with Crippen molar-refractivity contribution in [3.63, 3.8) is 0 Å². The van der Waals surface area contributed by atoms with Gasteiger partial charge in [0.15, 0.2) is 0 Å². The van der Waals surface area contributed by atoms with E-state index in [1.807, 2.05) is 30.3 Å². The average molecular weight is 380 g/mol. The highest BCUT2D eigenvalue weighted by Crippen LogP contribution is 2.31. The van der Waals surface area contributed by atoms with E-state index in [-0.39, 0.29) is 6.42 Å². The van der Waals surface area contributed by atoms with Crippen LogP contribution in [0.1, 0.15) is 37.3 Å². The van der Waals surface area contributed by atoms with E-state index in [1.165, 1.54) is 5.69 Å². The van der Waals surface area contributed by atoms with E-state index < -0.39 is 5.97 Å². The minimum absolute atomic E-state index is 0.0146. The molecule has 5 heteroatoms. The number of rotatable bonds is 8. The molecule has 0 spiro atoms. The molecule has 0 radical (unpaired) electrons. The summed E-state index contributed by atoms with van der Waals surface area (Å²) in [6, 6.07) is 16.3. The van der Waals surface area contributed by atoms with Crippen LogP contribution in [-0.4, -0.2) is 24.0 Å². The monoisotopic (exact) mass is 379 g/mol. The van der Waals surface area contributed by atoms with Crippen LogP contribution in [0.2, 0.25) is 0 Å². The fraction of sp³-hybridized carbons (Fsp3) is 0.273. The number of allylic oxidation sites excluding steroid dienone is 1. The molecule has 4 nitrogen and oxygen atoms in total. The Kier molecular flexibility index (Phi) is 6.24. The molecule has 3 aromatic rings. The molecule has 27 heavy (non-hydrogen) atoms. The highest BCUT2D eigenvalue weighted by atomic mass is 32.1. The number of carbonyl (C=O) groups excluding carboxylic acids is 1. The molecule has 1 heterocycles. The van der Waals surface area contributed by atoms with Crippen LogP contribution in [-0.2, 0) is 4.79 Å². The number of anilines is 1. The van der Waals surface area contributed by atoms with Crippen molar-refractivity contribution in [1.29, 1.82) is 0 Å². The number of aliphatic carboxylic acids is 1. The fourth-order valence-corrected chi connectivity index (χ4v) is 4.07. The van der Waals surface area contributed by atoms with Gasteiger partial charge in [-0.3, -0.25) is 0 Å². The molecule has 0 saturated heterocycles. The third kappa shape index (κ3) is 4.74. The second-order valence-electron chi connectivity index (χ2n) is 6.29. The van der Waals surface area contributed by atoms with Crippen LogP contribution in [0.3, 0.4) is 0 Å². The largest absolute Gasteiger partial charge is 0.550 e. The van der Waals surface area contributed by atoms with Gasteiger partial charge >= 0.3 is 0 Å². The van der Waals surface area contributed by atoms with Crippen LogP contribution >= 0.6 is 11.3 Å². The first-order chi connectivity index (χ1) is 13.1. The van der Waals surface area contributed by atoms with Crippen LogP contribution in [0.4, 0.5) is 5.69 Å². The van der Waals surface area contributed by atoms with Crippen LogP contribution in [0.15, 0.2) is 48.5 Å². The van der Waals surface area contributed by atoms with Crippen molar-refractivity contribution in [2.24, 2.45) is 0 Å². The number of carboxylic acids is 1. The first-order valence-corrected chi connectivity index (χ1v) is 10.0. The first-order valence-electron chi connectivity index (χ1n) is 9.22. The molecule has 0 N–H and O–H groups in total. The number of carboxylic acid groups (broad SMARTS) is 1. The lowest BCUT2D eigenvalue weighted by atomic mass is 10.1. The summed E-state index contributed by atoms with van der Waals surface area (Å²) in [5.41, 5.74) is 4.09. The highest BCUT2D eigenvalue weighted by molar-refractivity contribution is 7.19. The smallest absolute Gasteiger partial charge is 0.120 e. The zero-order valence-electron chi connectivity index (χ0n) is 15.6. The van der Waals surface area contributed by atoms with Gasteiger partial charge in [-0.05, 0) is 68.2 Å². The molecule has 0 bridgehead atoms. The number of para-hydroxylation sites is 1. The molecule has 3 rings (SSSR count). The minimum Gasteiger partial charge on any atom is -0.550 e. The van der Waals surface area contributed by atoms with Gasteiger partial charge in [-0.1, -0.05) is 24.3 Å². The van der Waals surface area contributed by atoms with Crippen LogP contribution in [0, 0.1) is 0 Å². The summed E-state index contributed by atoms with van der Waals surface area (Å²) in [7, 11) is 0. The zero-order valence-corrected chi connectivity index (χ0v) is 16.5. The Hall–Kier alpha value is -2.66. The quantitative estimate of drug-likeness (QED) is 0.588. The Bertz CT molecular complexity index is 907. The first kappa shape index (κ1) is 19.1. The fourth-order valence-electron chi connectivity index (χ4n) is 3.06. The van der Waals surface area contributed by atoms with Crippen LogP contribution < -0.4 is 10.0 Å². The molecule has 0 aliphatic rings. The molecule has 140 valence electrons. The second-order valence-corrected chi connectivity index (χ2v) is 7.32. The van der Waals surface area contributed by atoms with Crippen molar-refractivity contribution >= 4 is 44.9 Å². The summed E-state index contributed by atoms with van der Waals surface area (Å²) >= 11 is 1.59. The molecule has 0 amide bonds. The Balaban J connectivity index is 1.93. The number of aromatic nitrogens is 1. The Morgan fingerprint density at radius 1 is 1.07 bits per heavy atom. The molecular weight excluding hydrogens is 356 g/mol. The normalized spacial score (nSPS) is 11.7. The van der Waals surface area contributed by atoms with Gasteiger partial charge in [0.2, 0.25) is 0 Å². The lowest BCUT2D eigenvalue weighted by Gasteiger charge is -2.20. The predicted octanol–water partition coefficient (Wildman–Crippen LogP) is 4.21. The molecule has 0 aliphatic carbocycles. The maximum atomic E-state index is 11.0. The van der Waals surface area contributed by atoms with Crippen molar-refractivity contribution in [3.8, 4) is 0 Å². The number of hydrogen-bond donors (Lipinski definition) is 0. The third-order valence-electron chi connectivity index (χ3n) is 4.53. The van der Waals surface area contributed by atoms with Gasteiger partial charge in [-0.15, -0.1) is 11.3 Å². The average Bonchev–Trinajstić information content (AvgIpc) is 3.11. The van der Waals surface area contributed by atoms with E-state index in [0.29, 0.717) is 6.42 Å². The van der Waals surface area contributed by atoms with Gasteiger partial charge in [0.1, 0.15) is 5.01 Å². The van der Waals surface area contributed by atoms with Crippen molar-refractivity contribution in [2.45, 2.75) is 26.7 Å². The zero-order chi connectivity index (χ0) is 19.2. The maximum absolute atomic E-state index is 11.0. The molecular formula is C22H23N2O2S-. The topological polar surface area (TPSA) is 56.3 Å². The van der Waals surface area contributed by atoms with E-state index in [4.69, 9.17) is 0 Å². The van der Waals surface area contributed by atoms with E-state index >= 15 is 0 Å². The summed E-state index contributed by atoms with van der Waals surface area (Å²) in [6.45, 7) is 6.22. The van der Waals surface area contributed by atoms with Crippen molar-refractivity contribution in [2.75, 3.05) is 18.0 Å². The standard InChI is InChI=1S/C22H24N2O2S/c1-3-24(4-2)18-12-9-16(10-13-18)15-17(11-14-21(25)26)22-23-19-7-5-6-8-20(19)27-22/h5-10,12-13,15H,3-4,11,14H2,1-2H3,(H,25,26)/p-1/b17-15+. The molecule has 2 aromatic carbocycles. The summed E-state index contributed by atoms with van der Waals surface area (Å²) in [4.78, 5) is 18.0. The SMILES string of the molecule is CCN(CC)c1ccc(/C=C(\CCC(=O)[O-])c2nc3ccccc3s2)cc1. The van der Waals surface area contributed by atoms with Gasteiger partial charge in [-0.25, -0.2) is 4.98 Å². The van der Waals surface area contributed by atoms with Crippen LogP contribution in [0.25, 0.3) is 21.9 Å². The van der Waals surface area contributed by atoms with Crippen molar-refractivity contribution in [3.05, 3.63) is 59.1 Å². The number of carbonyl (C=O) groups is 1. The lowest BCUT2D eigenvalue weighted by molar-refractivity contribution is -0.305. The van der Waals surface area contributed by atoms with E-state index in [1.54, 1.807) is 11.3 Å². The Morgan fingerprint density at radius 3 is 2.41 bits per heavy atom. The van der Waals surface area contributed by atoms with Gasteiger partial charge in [0.25, 0.3) is 0 Å². The number of hydrogen-bond acceptors (Lipinski definition) is 5. The summed E-state index contributed by atoms with van der Waals surface area (Å²) < 4.78 is 1.10. The van der Waals surface area contributed by atoms with Crippen LogP contribution in [0.5, 0.6) is 0 Å². The summed E-state index contributed by atoms with van der Waals surface area (Å²) in [6.07, 6.45) is 2.42. The summed E-state index contributed by atoms with van der Waals surface area (Å²) in [5.74, 6) is -1.04. The second kappa shape index (κ2) is 8.82. The predicted molar refractivity (Wildman–Crippen MR) is 112 cm³/mol. The van der Waals surface area contributed by atoms with Crippen molar-refractivity contribution in [1.82, 2.24) is 4.98 Å². The third-order valence-corrected chi connectivity index (χ3v) is 5.64. The number of fused-ring (bicyclic) bond motifs is 1. The van der Waals surface area contributed by atoms with Gasteiger partial charge in [0.05, 0.1) is 10.2 Å². The number of thiazole rings is 1. The van der Waals surface area contributed by atoms with Gasteiger partial charge in [-0.2, -0.15) is 0 Å². The van der Waals surface area contributed by atoms with E-state index in [2.05, 4.69) is 48.0 Å². The van der Waals surface area contributed by atoms with E-state index in [0.717, 1.165) is 39.5 Å². The molecule has 0 fully saturated rings. The number of benzene rings is 2. The molecule has 0 aliphatic heterocycles.